The highest BCUT2D eigenvalue weighted by Gasteiger charge is 2.37. The largest absolute Gasteiger partial charge is 0.497 e. The molecule has 1 aliphatic heterocycles. The smallest absolute Gasteiger partial charge is 0.228 e. The molecule has 2 aromatic carbocycles. The molecule has 1 atom stereocenters. The van der Waals surface area contributed by atoms with Gasteiger partial charge >= 0.3 is 0 Å². The van der Waals surface area contributed by atoms with Crippen LogP contribution in [0.5, 0.6) is 5.75 Å². The van der Waals surface area contributed by atoms with E-state index in [9.17, 15) is 9.59 Å². The second-order valence-corrected chi connectivity index (χ2v) is 5.93. The number of fused-ring (bicyclic) bond motifs is 1. The van der Waals surface area contributed by atoms with E-state index < -0.39 is 0 Å². The molecule has 0 aromatic heterocycles. The minimum Gasteiger partial charge on any atom is -0.497 e. The molecule has 0 saturated carbocycles. The van der Waals surface area contributed by atoms with Gasteiger partial charge in [-0.3, -0.25) is 9.59 Å². The molecule has 24 heavy (non-hydrogen) atoms. The fourth-order valence-electron chi connectivity index (χ4n) is 3.29. The zero-order valence-corrected chi connectivity index (χ0v) is 13.2. The predicted octanol–water partition coefficient (Wildman–Crippen LogP) is 3.88. The van der Waals surface area contributed by atoms with E-state index >= 15 is 0 Å². The maximum atomic E-state index is 12.7. The van der Waals surface area contributed by atoms with Gasteiger partial charge in [-0.05, 0) is 30.5 Å². The fourth-order valence-corrected chi connectivity index (χ4v) is 3.29. The Balaban J connectivity index is 1.67. The fraction of sp³-hybridized carbons (Fsp3) is 0.200. The van der Waals surface area contributed by atoms with Gasteiger partial charge in [0.05, 0.1) is 7.11 Å². The summed E-state index contributed by atoms with van der Waals surface area (Å²) in [7, 11) is 1.62. The first-order valence-corrected chi connectivity index (χ1v) is 7.91. The molecule has 0 amide bonds. The molecule has 2 aliphatic rings. The van der Waals surface area contributed by atoms with E-state index in [1.165, 1.54) is 0 Å². The molecule has 0 spiro atoms. The first kappa shape index (κ1) is 14.7. The van der Waals surface area contributed by atoms with Gasteiger partial charge in [0.25, 0.3) is 0 Å². The maximum Gasteiger partial charge on any atom is 0.228 e. The molecule has 1 aliphatic carbocycles. The van der Waals surface area contributed by atoms with Gasteiger partial charge in [0.2, 0.25) is 5.78 Å². The molecule has 1 unspecified atom stereocenters. The second-order valence-electron chi connectivity index (χ2n) is 5.93. The Morgan fingerprint density at radius 2 is 1.62 bits per heavy atom. The maximum absolute atomic E-state index is 12.7. The van der Waals surface area contributed by atoms with Crippen molar-refractivity contribution in [2.45, 2.75) is 18.9 Å². The summed E-state index contributed by atoms with van der Waals surface area (Å²) in [6, 6.07) is 14.5. The van der Waals surface area contributed by atoms with Gasteiger partial charge in [-0.15, -0.1) is 0 Å². The SMILES string of the molecule is COc1ccc(C2CCC3=C(O2)C(=O)c2ccccc2C3=O)cc1. The van der Waals surface area contributed by atoms with Gasteiger partial charge in [-0.25, -0.2) is 0 Å². The van der Waals surface area contributed by atoms with E-state index in [0.29, 0.717) is 29.5 Å². The third-order valence-electron chi connectivity index (χ3n) is 4.57. The molecule has 120 valence electrons. The van der Waals surface area contributed by atoms with Crippen LogP contribution in [-0.2, 0) is 4.74 Å². The summed E-state index contributed by atoms with van der Waals surface area (Å²) >= 11 is 0. The number of methoxy groups -OCH3 is 1. The Labute approximate surface area is 139 Å². The molecule has 0 fully saturated rings. The molecular formula is C20H16O4. The zero-order chi connectivity index (χ0) is 16.7. The van der Waals surface area contributed by atoms with Crippen LogP contribution < -0.4 is 4.74 Å². The lowest BCUT2D eigenvalue weighted by molar-refractivity contribution is 0.0620. The van der Waals surface area contributed by atoms with Crippen molar-refractivity contribution in [1.29, 1.82) is 0 Å². The van der Waals surface area contributed by atoms with Crippen molar-refractivity contribution in [1.82, 2.24) is 0 Å². The summed E-state index contributed by atoms with van der Waals surface area (Å²) in [5, 5.41) is 0. The van der Waals surface area contributed by atoms with Crippen LogP contribution in [-0.4, -0.2) is 18.7 Å². The minimum atomic E-state index is -0.225. The van der Waals surface area contributed by atoms with E-state index in [2.05, 4.69) is 0 Å². The van der Waals surface area contributed by atoms with Crippen LogP contribution in [0.25, 0.3) is 0 Å². The Hall–Kier alpha value is -2.88. The van der Waals surface area contributed by atoms with Crippen molar-refractivity contribution in [2.75, 3.05) is 7.11 Å². The highest BCUT2D eigenvalue weighted by molar-refractivity contribution is 6.26. The third kappa shape index (κ3) is 2.22. The number of ketones is 2. The molecule has 0 N–H and O–H groups in total. The summed E-state index contributed by atoms with van der Waals surface area (Å²) in [4.78, 5) is 25.3. The van der Waals surface area contributed by atoms with E-state index in [1.807, 2.05) is 24.3 Å². The van der Waals surface area contributed by atoms with E-state index in [-0.39, 0.29) is 23.4 Å². The van der Waals surface area contributed by atoms with Crippen LogP contribution >= 0.6 is 0 Å². The topological polar surface area (TPSA) is 52.6 Å². The molecule has 0 saturated heterocycles. The minimum absolute atomic E-state index is 0.0895. The number of carbonyl (C=O) groups is 2. The normalized spacial score (nSPS) is 19.5. The van der Waals surface area contributed by atoms with Crippen LogP contribution in [0.1, 0.15) is 45.2 Å². The predicted molar refractivity (Wildman–Crippen MR) is 88.2 cm³/mol. The second kappa shape index (κ2) is 5.64. The van der Waals surface area contributed by atoms with E-state index in [0.717, 1.165) is 11.3 Å². The number of hydrogen-bond donors (Lipinski definition) is 0. The van der Waals surface area contributed by atoms with Gasteiger partial charge in [0.1, 0.15) is 11.9 Å². The molecule has 0 radical (unpaired) electrons. The number of hydrogen-bond acceptors (Lipinski definition) is 4. The number of allylic oxidation sites excluding steroid dienone is 2. The third-order valence-corrected chi connectivity index (χ3v) is 4.57. The van der Waals surface area contributed by atoms with Crippen molar-refractivity contribution >= 4 is 11.6 Å². The van der Waals surface area contributed by atoms with Gasteiger partial charge in [0, 0.05) is 16.7 Å². The van der Waals surface area contributed by atoms with Gasteiger partial charge < -0.3 is 9.47 Å². The molecule has 1 heterocycles. The molecule has 4 heteroatoms. The Bertz CT molecular complexity index is 861. The van der Waals surface area contributed by atoms with Gasteiger partial charge in [0.15, 0.2) is 11.5 Å². The molecule has 4 nitrogen and oxygen atoms in total. The summed E-state index contributed by atoms with van der Waals surface area (Å²) in [5.41, 5.74) is 2.38. The molecule has 4 rings (SSSR count). The lowest BCUT2D eigenvalue weighted by Gasteiger charge is -2.30. The van der Waals surface area contributed by atoms with Gasteiger partial charge in [-0.2, -0.15) is 0 Å². The van der Waals surface area contributed by atoms with Crippen molar-refractivity contribution < 1.29 is 19.1 Å². The first-order valence-electron chi connectivity index (χ1n) is 7.91. The highest BCUT2D eigenvalue weighted by atomic mass is 16.5. The van der Waals surface area contributed by atoms with Crippen LogP contribution in [0, 0.1) is 0 Å². The Morgan fingerprint density at radius 3 is 2.29 bits per heavy atom. The van der Waals surface area contributed by atoms with Crippen LogP contribution in [0.15, 0.2) is 59.9 Å². The monoisotopic (exact) mass is 320 g/mol. The zero-order valence-electron chi connectivity index (χ0n) is 13.2. The number of rotatable bonds is 2. The summed E-state index contributed by atoms with van der Waals surface area (Å²) in [6.45, 7) is 0. The Kier molecular flexibility index (Phi) is 3.45. The number of Topliss-reactive ketones (excluding diaryl/α,β-unsaturated/α-hetero) is 2. The number of carbonyl (C=O) groups excluding carboxylic acids is 2. The average molecular weight is 320 g/mol. The average Bonchev–Trinajstić information content (AvgIpc) is 2.66. The van der Waals surface area contributed by atoms with E-state index in [1.54, 1.807) is 31.4 Å². The standard InChI is InChI=1S/C20H16O4/c1-23-13-8-6-12(7-9-13)17-11-10-16-18(21)14-4-2-3-5-15(14)19(22)20(16)24-17/h2-9,17H,10-11H2,1H3. The number of benzene rings is 2. The molecular weight excluding hydrogens is 304 g/mol. The van der Waals surface area contributed by atoms with Crippen molar-refractivity contribution in [3.05, 3.63) is 76.6 Å². The quantitative estimate of drug-likeness (QED) is 0.842. The lowest BCUT2D eigenvalue weighted by Crippen LogP contribution is -2.28. The van der Waals surface area contributed by atoms with Crippen LogP contribution in [0.2, 0.25) is 0 Å². The molecule has 2 aromatic rings. The number of ether oxygens (including phenoxy) is 2. The van der Waals surface area contributed by atoms with Crippen LogP contribution in [0.3, 0.4) is 0 Å². The Morgan fingerprint density at radius 1 is 0.958 bits per heavy atom. The summed E-state index contributed by atoms with van der Waals surface area (Å²) in [6.07, 6.45) is 0.994. The summed E-state index contributed by atoms with van der Waals surface area (Å²) < 4.78 is 11.1. The lowest BCUT2D eigenvalue weighted by atomic mass is 9.83. The molecule has 0 bridgehead atoms. The van der Waals surface area contributed by atoms with E-state index in [4.69, 9.17) is 9.47 Å². The highest BCUT2D eigenvalue weighted by Crippen LogP contribution is 2.39. The summed E-state index contributed by atoms with van der Waals surface area (Å²) in [5.74, 6) is 0.699. The first-order chi connectivity index (χ1) is 11.7. The van der Waals surface area contributed by atoms with Gasteiger partial charge in [-0.1, -0.05) is 36.4 Å². The van der Waals surface area contributed by atoms with Crippen LogP contribution in [0.4, 0.5) is 0 Å². The van der Waals surface area contributed by atoms with Crippen molar-refractivity contribution in [2.24, 2.45) is 0 Å². The van der Waals surface area contributed by atoms with Crippen molar-refractivity contribution in [3.8, 4) is 5.75 Å². The van der Waals surface area contributed by atoms with Crippen molar-refractivity contribution in [3.63, 3.8) is 0 Å².